The Kier molecular flexibility index (Phi) is 5.47. The molecule has 1 heterocycles. The Morgan fingerprint density at radius 1 is 1.50 bits per heavy atom. The molecule has 1 aromatic rings. The maximum Gasteiger partial charge on any atom is 0.267 e. The Balaban J connectivity index is 2.52. The molecular formula is C9H12Br2N2O3. The molecule has 0 radical (unpaired) electrons. The van der Waals surface area contributed by atoms with E-state index in [-0.39, 0.29) is 5.91 Å². The lowest BCUT2D eigenvalue weighted by molar-refractivity contribution is -0.0974. The lowest BCUT2D eigenvalue weighted by atomic mass is 10.4. The van der Waals surface area contributed by atoms with Crippen LogP contribution in [0.5, 0.6) is 0 Å². The highest BCUT2D eigenvalue weighted by Gasteiger charge is 2.12. The van der Waals surface area contributed by atoms with Crippen molar-refractivity contribution in [1.82, 2.24) is 10.3 Å². The van der Waals surface area contributed by atoms with Gasteiger partial charge in [-0.05, 0) is 37.9 Å². The SMILES string of the molecule is COC(CNC(=O)c1cc(Br)c(Br)[nH]1)OC. The Labute approximate surface area is 110 Å². The van der Waals surface area contributed by atoms with Crippen molar-refractivity contribution in [2.45, 2.75) is 6.29 Å². The molecule has 0 saturated heterocycles. The molecule has 0 saturated carbocycles. The van der Waals surface area contributed by atoms with Gasteiger partial charge in [0.1, 0.15) is 5.69 Å². The monoisotopic (exact) mass is 354 g/mol. The van der Waals surface area contributed by atoms with Crippen LogP contribution in [0, 0.1) is 0 Å². The zero-order valence-corrected chi connectivity index (χ0v) is 12.0. The van der Waals surface area contributed by atoms with Gasteiger partial charge < -0.3 is 19.8 Å². The van der Waals surface area contributed by atoms with E-state index < -0.39 is 6.29 Å². The highest BCUT2D eigenvalue weighted by atomic mass is 79.9. The van der Waals surface area contributed by atoms with Gasteiger partial charge in [-0.15, -0.1) is 0 Å². The number of halogens is 2. The first-order valence-corrected chi connectivity index (χ1v) is 6.05. The van der Waals surface area contributed by atoms with Crippen molar-refractivity contribution in [3.63, 3.8) is 0 Å². The van der Waals surface area contributed by atoms with E-state index >= 15 is 0 Å². The number of rotatable bonds is 5. The number of amides is 1. The standard InChI is InChI=1S/C9H12Br2N2O3/c1-15-7(16-2)4-12-9(14)6-3-5(10)8(11)13-6/h3,7,13H,4H2,1-2H3,(H,12,14). The van der Waals surface area contributed by atoms with E-state index in [0.717, 1.165) is 9.08 Å². The summed E-state index contributed by atoms with van der Waals surface area (Å²) in [6.45, 7) is 0.292. The molecule has 0 aliphatic carbocycles. The highest BCUT2D eigenvalue weighted by Crippen LogP contribution is 2.22. The van der Waals surface area contributed by atoms with Crippen molar-refractivity contribution in [2.75, 3.05) is 20.8 Å². The average Bonchev–Trinajstić information content (AvgIpc) is 2.60. The summed E-state index contributed by atoms with van der Waals surface area (Å²) in [5, 5.41) is 2.68. The summed E-state index contributed by atoms with van der Waals surface area (Å²) in [5.74, 6) is -0.217. The minimum Gasteiger partial charge on any atom is -0.354 e. The van der Waals surface area contributed by atoms with E-state index in [4.69, 9.17) is 9.47 Å². The van der Waals surface area contributed by atoms with E-state index in [1.54, 1.807) is 6.07 Å². The van der Waals surface area contributed by atoms with Crippen molar-refractivity contribution >= 4 is 37.8 Å². The van der Waals surface area contributed by atoms with Gasteiger partial charge in [0.05, 0.1) is 15.6 Å². The highest BCUT2D eigenvalue weighted by molar-refractivity contribution is 9.13. The van der Waals surface area contributed by atoms with Crippen molar-refractivity contribution in [3.05, 3.63) is 20.8 Å². The molecule has 0 unspecified atom stereocenters. The molecule has 90 valence electrons. The van der Waals surface area contributed by atoms with Gasteiger partial charge in [-0.2, -0.15) is 0 Å². The van der Waals surface area contributed by atoms with Crippen LogP contribution in [0.15, 0.2) is 15.1 Å². The molecule has 0 aromatic carbocycles. The van der Waals surface area contributed by atoms with Crippen molar-refractivity contribution in [1.29, 1.82) is 0 Å². The van der Waals surface area contributed by atoms with Gasteiger partial charge in [0.25, 0.3) is 5.91 Å². The molecule has 2 N–H and O–H groups in total. The predicted octanol–water partition coefficient (Wildman–Crippen LogP) is 1.89. The van der Waals surface area contributed by atoms with Gasteiger partial charge in [-0.3, -0.25) is 4.79 Å². The molecule has 0 fully saturated rings. The van der Waals surface area contributed by atoms with Gasteiger partial charge in [-0.25, -0.2) is 0 Å². The summed E-state index contributed by atoms with van der Waals surface area (Å²) < 4.78 is 11.4. The topological polar surface area (TPSA) is 63.3 Å². The van der Waals surface area contributed by atoms with Gasteiger partial charge in [0, 0.05) is 14.2 Å². The molecule has 0 bridgehead atoms. The number of carbonyl (C=O) groups excluding carboxylic acids is 1. The summed E-state index contributed by atoms with van der Waals surface area (Å²) in [6, 6.07) is 1.69. The number of aromatic amines is 1. The fourth-order valence-electron chi connectivity index (χ4n) is 1.06. The smallest absolute Gasteiger partial charge is 0.267 e. The molecule has 0 atom stereocenters. The third-order valence-electron chi connectivity index (χ3n) is 1.92. The average molecular weight is 356 g/mol. The number of hydrogen-bond donors (Lipinski definition) is 2. The third kappa shape index (κ3) is 3.58. The van der Waals surface area contributed by atoms with Crippen LogP contribution in [0.2, 0.25) is 0 Å². The van der Waals surface area contributed by atoms with Crippen LogP contribution in [0.1, 0.15) is 10.5 Å². The number of carbonyl (C=O) groups is 1. The van der Waals surface area contributed by atoms with Crippen LogP contribution in [0.3, 0.4) is 0 Å². The van der Waals surface area contributed by atoms with E-state index in [1.807, 2.05) is 0 Å². The number of nitrogens with one attached hydrogen (secondary N) is 2. The molecule has 1 rings (SSSR count). The summed E-state index contributed by atoms with van der Waals surface area (Å²) in [5.41, 5.74) is 0.463. The normalized spacial score (nSPS) is 10.8. The molecule has 7 heteroatoms. The molecular weight excluding hydrogens is 344 g/mol. The van der Waals surface area contributed by atoms with Crippen LogP contribution >= 0.6 is 31.9 Å². The number of hydrogen-bond acceptors (Lipinski definition) is 3. The first-order chi connectivity index (χ1) is 7.58. The van der Waals surface area contributed by atoms with Crippen molar-refractivity contribution in [3.8, 4) is 0 Å². The van der Waals surface area contributed by atoms with Gasteiger partial charge in [0.2, 0.25) is 0 Å². The molecule has 0 spiro atoms. The molecule has 0 aliphatic heterocycles. The Bertz CT molecular complexity index is 344. The summed E-state index contributed by atoms with van der Waals surface area (Å²) in [6.07, 6.45) is -0.439. The zero-order valence-electron chi connectivity index (χ0n) is 8.84. The second kappa shape index (κ2) is 6.39. The van der Waals surface area contributed by atoms with E-state index in [9.17, 15) is 4.79 Å². The molecule has 1 aromatic heterocycles. The number of methoxy groups -OCH3 is 2. The van der Waals surface area contributed by atoms with Crippen LogP contribution < -0.4 is 5.32 Å². The predicted molar refractivity (Wildman–Crippen MR) is 66.3 cm³/mol. The van der Waals surface area contributed by atoms with Crippen LogP contribution in [-0.4, -0.2) is 37.9 Å². The van der Waals surface area contributed by atoms with Gasteiger partial charge >= 0.3 is 0 Å². The number of aromatic nitrogens is 1. The zero-order chi connectivity index (χ0) is 12.1. The molecule has 0 aliphatic rings. The molecule has 1 amide bonds. The fourth-order valence-corrected chi connectivity index (χ4v) is 1.72. The number of ether oxygens (including phenoxy) is 2. The van der Waals surface area contributed by atoms with Crippen LogP contribution in [0.4, 0.5) is 0 Å². The van der Waals surface area contributed by atoms with Crippen LogP contribution in [-0.2, 0) is 9.47 Å². The van der Waals surface area contributed by atoms with E-state index in [1.165, 1.54) is 14.2 Å². The largest absolute Gasteiger partial charge is 0.354 e. The summed E-state index contributed by atoms with van der Waals surface area (Å²) in [4.78, 5) is 14.5. The second-order valence-electron chi connectivity index (χ2n) is 2.96. The van der Waals surface area contributed by atoms with Crippen LogP contribution in [0.25, 0.3) is 0 Å². The minimum absolute atomic E-state index is 0.217. The fraction of sp³-hybridized carbons (Fsp3) is 0.444. The summed E-state index contributed by atoms with van der Waals surface area (Å²) in [7, 11) is 3.03. The van der Waals surface area contributed by atoms with Gasteiger partial charge in [-0.1, -0.05) is 0 Å². The first-order valence-electron chi connectivity index (χ1n) is 4.46. The second-order valence-corrected chi connectivity index (χ2v) is 4.60. The third-order valence-corrected chi connectivity index (χ3v) is 3.71. The Morgan fingerprint density at radius 2 is 2.12 bits per heavy atom. The molecule has 16 heavy (non-hydrogen) atoms. The van der Waals surface area contributed by atoms with E-state index in [2.05, 4.69) is 42.2 Å². The maximum absolute atomic E-state index is 11.7. The maximum atomic E-state index is 11.7. The summed E-state index contributed by atoms with van der Waals surface area (Å²) >= 11 is 6.54. The van der Waals surface area contributed by atoms with E-state index in [0.29, 0.717) is 12.2 Å². The quantitative estimate of drug-likeness (QED) is 0.793. The van der Waals surface area contributed by atoms with Crippen molar-refractivity contribution in [2.24, 2.45) is 0 Å². The number of H-pyrrole nitrogens is 1. The van der Waals surface area contributed by atoms with Gasteiger partial charge in [0.15, 0.2) is 6.29 Å². The lowest BCUT2D eigenvalue weighted by Crippen LogP contribution is -2.34. The minimum atomic E-state index is -0.439. The Hall–Kier alpha value is -0.370. The lowest BCUT2D eigenvalue weighted by Gasteiger charge is -2.13. The molecule has 5 nitrogen and oxygen atoms in total. The Morgan fingerprint density at radius 3 is 2.56 bits per heavy atom. The first kappa shape index (κ1) is 13.7. The van der Waals surface area contributed by atoms with Crippen molar-refractivity contribution < 1.29 is 14.3 Å².